The molecule has 122 valence electrons. The van der Waals surface area contributed by atoms with Crippen molar-refractivity contribution in [3.8, 4) is 11.4 Å². The first kappa shape index (κ1) is 15.7. The molecular formula is C18H23N3O2. The van der Waals surface area contributed by atoms with Gasteiger partial charge in [-0.25, -0.2) is 0 Å². The number of nitrogens with one attached hydrogen (secondary N) is 1. The van der Waals surface area contributed by atoms with Crippen LogP contribution < -0.4 is 5.32 Å². The van der Waals surface area contributed by atoms with Crippen molar-refractivity contribution >= 4 is 5.91 Å². The smallest absolute Gasteiger partial charge is 0.249 e. The number of aromatic nitrogens is 2. The molecule has 1 aromatic heterocycles. The van der Waals surface area contributed by atoms with Crippen LogP contribution in [0.4, 0.5) is 0 Å². The zero-order chi connectivity index (χ0) is 16.2. The maximum atomic E-state index is 12.3. The van der Waals surface area contributed by atoms with E-state index in [-0.39, 0.29) is 17.9 Å². The van der Waals surface area contributed by atoms with Gasteiger partial charge in [-0.3, -0.25) is 4.79 Å². The third kappa shape index (κ3) is 3.60. The van der Waals surface area contributed by atoms with Crippen LogP contribution in [0.3, 0.4) is 0 Å². The highest BCUT2D eigenvalue weighted by Crippen LogP contribution is 2.25. The number of hydrogen-bond donors (Lipinski definition) is 1. The van der Waals surface area contributed by atoms with Crippen LogP contribution in [0.5, 0.6) is 0 Å². The number of carbonyl (C=O) groups is 1. The Labute approximate surface area is 136 Å². The number of amides is 1. The Morgan fingerprint density at radius 3 is 2.74 bits per heavy atom. The summed E-state index contributed by atoms with van der Waals surface area (Å²) >= 11 is 0. The van der Waals surface area contributed by atoms with Crippen LogP contribution in [-0.4, -0.2) is 16.0 Å². The van der Waals surface area contributed by atoms with Crippen molar-refractivity contribution in [1.29, 1.82) is 0 Å². The summed E-state index contributed by atoms with van der Waals surface area (Å²) in [6, 6.07) is 7.64. The van der Waals surface area contributed by atoms with Gasteiger partial charge in [0.15, 0.2) is 0 Å². The van der Waals surface area contributed by atoms with Crippen LogP contribution in [0.25, 0.3) is 11.4 Å². The summed E-state index contributed by atoms with van der Waals surface area (Å²) < 4.78 is 5.35. The molecule has 23 heavy (non-hydrogen) atoms. The van der Waals surface area contributed by atoms with E-state index < -0.39 is 0 Å². The zero-order valence-electron chi connectivity index (χ0n) is 13.7. The second kappa shape index (κ2) is 6.94. The lowest BCUT2D eigenvalue weighted by molar-refractivity contribution is -0.126. The summed E-state index contributed by atoms with van der Waals surface area (Å²) in [5.74, 6) is 1.25. The summed E-state index contributed by atoms with van der Waals surface area (Å²) in [6.45, 7) is 3.90. The van der Waals surface area contributed by atoms with Crippen molar-refractivity contribution < 1.29 is 9.32 Å². The van der Waals surface area contributed by atoms with Crippen LogP contribution in [0, 0.1) is 12.8 Å². The van der Waals surface area contributed by atoms with Crippen LogP contribution in [-0.2, 0) is 4.79 Å². The molecule has 5 nitrogen and oxygen atoms in total. The molecular weight excluding hydrogens is 290 g/mol. The maximum absolute atomic E-state index is 12.3. The molecule has 1 saturated carbocycles. The number of nitrogens with zero attached hydrogens (tertiary/aromatic N) is 2. The first-order valence-corrected chi connectivity index (χ1v) is 8.35. The first-order chi connectivity index (χ1) is 11.1. The second-order valence-electron chi connectivity index (χ2n) is 6.34. The van der Waals surface area contributed by atoms with Gasteiger partial charge in [-0.15, -0.1) is 0 Å². The van der Waals surface area contributed by atoms with Gasteiger partial charge in [-0.1, -0.05) is 48.7 Å². The number of aryl methyl sites for hydroxylation is 1. The van der Waals surface area contributed by atoms with Gasteiger partial charge in [0, 0.05) is 11.5 Å². The lowest BCUT2D eigenvalue weighted by atomic mass is 9.88. The van der Waals surface area contributed by atoms with Gasteiger partial charge in [-0.2, -0.15) is 4.98 Å². The minimum Gasteiger partial charge on any atom is -0.344 e. The molecule has 1 aliphatic carbocycles. The van der Waals surface area contributed by atoms with Crippen molar-refractivity contribution in [3.63, 3.8) is 0 Å². The molecule has 3 rings (SSSR count). The standard InChI is InChI=1S/C18H23N3O2/c1-12-8-6-7-11-15(12)16-20-18(23-21-16)13(2)19-17(22)14-9-4-3-5-10-14/h6-8,11,13-14H,3-5,9-10H2,1-2H3,(H,19,22)/t13-/m1/s1. The fourth-order valence-corrected chi connectivity index (χ4v) is 3.10. The Hall–Kier alpha value is -2.17. The molecule has 1 amide bonds. The molecule has 0 bridgehead atoms. The highest BCUT2D eigenvalue weighted by Gasteiger charge is 2.24. The second-order valence-corrected chi connectivity index (χ2v) is 6.34. The van der Waals surface area contributed by atoms with Crippen LogP contribution in [0.1, 0.15) is 56.5 Å². The van der Waals surface area contributed by atoms with Gasteiger partial charge in [0.05, 0.1) is 0 Å². The van der Waals surface area contributed by atoms with Gasteiger partial charge in [0.25, 0.3) is 0 Å². The lowest BCUT2D eigenvalue weighted by Crippen LogP contribution is -2.33. The molecule has 0 radical (unpaired) electrons. The molecule has 0 spiro atoms. The normalized spacial score (nSPS) is 17.0. The predicted molar refractivity (Wildman–Crippen MR) is 87.6 cm³/mol. The molecule has 0 saturated heterocycles. The first-order valence-electron chi connectivity index (χ1n) is 8.35. The van der Waals surface area contributed by atoms with Gasteiger partial charge in [0.2, 0.25) is 17.6 Å². The van der Waals surface area contributed by atoms with Crippen molar-refractivity contribution in [1.82, 2.24) is 15.5 Å². The topological polar surface area (TPSA) is 68.0 Å². The van der Waals surface area contributed by atoms with E-state index in [4.69, 9.17) is 4.52 Å². The quantitative estimate of drug-likeness (QED) is 0.932. The fraction of sp³-hybridized carbons (Fsp3) is 0.500. The molecule has 1 heterocycles. The number of rotatable bonds is 4. The summed E-state index contributed by atoms with van der Waals surface area (Å²) in [7, 11) is 0. The van der Waals surface area contributed by atoms with Gasteiger partial charge in [0.1, 0.15) is 6.04 Å². The minimum absolute atomic E-state index is 0.104. The van der Waals surface area contributed by atoms with Crippen LogP contribution in [0.2, 0.25) is 0 Å². The Balaban J connectivity index is 1.67. The Kier molecular flexibility index (Phi) is 4.74. The van der Waals surface area contributed by atoms with Crippen molar-refractivity contribution in [2.45, 2.75) is 52.0 Å². The van der Waals surface area contributed by atoms with E-state index >= 15 is 0 Å². The molecule has 0 aliphatic heterocycles. The van der Waals surface area contributed by atoms with Gasteiger partial charge in [-0.05, 0) is 32.3 Å². The molecule has 1 aliphatic rings. The molecule has 5 heteroatoms. The average molecular weight is 313 g/mol. The van der Waals surface area contributed by atoms with Crippen molar-refractivity contribution in [2.24, 2.45) is 5.92 Å². The van der Waals surface area contributed by atoms with Crippen LogP contribution >= 0.6 is 0 Å². The van der Waals surface area contributed by atoms with Crippen molar-refractivity contribution in [3.05, 3.63) is 35.7 Å². The highest BCUT2D eigenvalue weighted by atomic mass is 16.5. The van der Waals surface area contributed by atoms with Crippen LogP contribution in [0.15, 0.2) is 28.8 Å². The summed E-state index contributed by atoms with van der Waals surface area (Å²) in [6.07, 6.45) is 5.49. The monoisotopic (exact) mass is 313 g/mol. The molecule has 1 aromatic carbocycles. The van der Waals surface area contributed by atoms with Crippen molar-refractivity contribution in [2.75, 3.05) is 0 Å². The van der Waals surface area contributed by atoms with Gasteiger partial charge < -0.3 is 9.84 Å². The summed E-state index contributed by atoms with van der Waals surface area (Å²) in [5.41, 5.74) is 2.05. The van der Waals surface area contributed by atoms with E-state index in [1.807, 2.05) is 38.1 Å². The van der Waals surface area contributed by atoms with E-state index in [1.54, 1.807) is 0 Å². The maximum Gasteiger partial charge on any atom is 0.249 e. The van der Waals surface area contributed by atoms with E-state index in [0.29, 0.717) is 11.7 Å². The fourth-order valence-electron chi connectivity index (χ4n) is 3.10. The summed E-state index contributed by atoms with van der Waals surface area (Å²) in [5, 5.41) is 7.06. The summed E-state index contributed by atoms with van der Waals surface area (Å²) in [4.78, 5) is 16.8. The minimum atomic E-state index is -0.269. The number of hydrogen-bond acceptors (Lipinski definition) is 4. The largest absolute Gasteiger partial charge is 0.344 e. The number of carbonyl (C=O) groups excluding carboxylic acids is 1. The molecule has 2 aromatic rings. The van der Waals surface area contributed by atoms with E-state index in [9.17, 15) is 4.79 Å². The molecule has 0 unspecified atom stereocenters. The molecule has 1 atom stereocenters. The SMILES string of the molecule is Cc1ccccc1-c1noc([C@@H](C)NC(=O)C2CCCCC2)n1. The predicted octanol–water partition coefficient (Wildman–Crippen LogP) is 3.80. The van der Waals surface area contributed by atoms with E-state index in [0.717, 1.165) is 36.8 Å². The Morgan fingerprint density at radius 2 is 2.00 bits per heavy atom. The third-order valence-corrected chi connectivity index (χ3v) is 4.53. The average Bonchev–Trinajstić information content (AvgIpc) is 3.06. The highest BCUT2D eigenvalue weighted by molar-refractivity contribution is 5.79. The Morgan fingerprint density at radius 1 is 1.26 bits per heavy atom. The zero-order valence-corrected chi connectivity index (χ0v) is 13.7. The van der Waals surface area contributed by atoms with Gasteiger partial charge >= 0.3 is 0 Å². The molecule has 1 fully saturated rings. The lowest BCUT2D eigenvalue weighted by Gasteiger charge is -2.22. The third-order valence-electron chi connectivity index (χ3n) is 4.53. The Bertz CT molecular complexity index is 674. The van der Waals surface area contributed by atoms with E-state index in [2.05, 4.69) is 15.5 Å². The van der Waals surface area contributed by atoms with E-state index in [1.165, 1.54) is 6.42 Å². The molecule has 1 N–H and O–H groups in total. The number of benzene rings is 1.